The average Bonchev–Trinajstić information content (AvgIpc) is 3.33. The molecule has 0 aliphatic rings. The van der Waals surface area contributed by atoms with Gasteiger partial charge >= 0.3 is 17.9 Å². The van der Waals surface area contributed by atoms with Crippen LogP contribution in [0.5, 0.6) is 0 Å². The van der Waals surface area contributed by atoms with Gasteiger partial charge in [0, 0.05) is 19.3 Å². The van der Waals surface area contributed by atoms with E-state index in [4.69, 9.17) is 14.2 Å². The molecule has 0 aromatic rings. The first kappa shape index (κ1) is 63.3. The van der Waals surface area contributed by atoms with Crippen LogP contribution >= 0.6 is 0 Å². The van der Waals surface area contributed by atoms with Crippen molar-refractivity contribution in [1.82, 2.24) is 0 Å². The van der Waals surface area contributed by atoms with E-state index < -0.39 is 6.10 Å². The van der Waals surface area contributed by atoms with Crippen molar-refractivity contribution in [3.8, 4) is 0 Å². The summed E-state index contributed by atoms with van der Waals surface area (Å²) < 4.78 is 16.8. The van der Waals surface area contributed by atoms with E-state index in [1.807, 2.05) is 0 Å². The van der Waals surface area contributed by atoms with Gasteiger partial charge in [0.05, 0.1) is 0 Å². The number of carbonyl (C=O) groups is 3. The van der Waals surface area contributed by atoms with E-state index in [0.29, 0.717) is 19.3 Å². The van der Waals surface area contributed by atoms with E-state index in [-0.39, 0.29) is 31.1 Å². The second kappa shape index (κ2) is 54.9. The fourth-order valence-electron chi connectivity index (χ4n) is 7.36. The van der Waals surface area contributed by atoms with E-state index in [1.165, 1.54) is 77.0 Å². The summed E-state index contributed by atoms with van der Waals surface area (Å²) in [5, 5.41) is 0. The number of rotatable bonds is 49. The first-order chi connectivity index (χ1) is 33.0. The largest absolute Gasteiger partial charge is 0.462 e. The molecule has 0 spiro atoms. The number of hydrogen-bond donors (Lipinski definition) is 0. The van der Waals surface area contributed by atoms with Gasteiger partial charge in [-0.15, -0.1) is 0 Å². The lowest BCUT2D eigenvalue weighted by Crippen LogP contribution is -2.30. The Morgan fingerprint density at radius 1 is 0.313 bits per heavy atom. The van der Waals surface area contributed by atoms with Crippen LogP contribution in [0.3, 0.4) is 0 Å². The molecule has 0 heterocycles. The van der Waals surface area contributed by atoms with Gasteiger partial charge in [0.1, 0.15) is 13.2 Å². The molecule has 6 heteroatoms. The second-order valence-electron chi connectivity index (χ2n) is 18.1. The van der Waals surface area contributed by atoms with Gasteiger partial charge in [-0.3, -0.25) is 14.4 Å². The van der Waals surface area contributed by atoms with E-state index >= 15 is 0 Å². The summed E-state index contributed by atoms with van der Waals surface area (Å²) in [6, 6.07) is 0. The Kier molecular flexibility index (Phi) is 51.9. The zero-order valence-corrected chi connectivity index (χ0v) is 43.6. The molecule has 0 amide bonds. The van der Waals surface area contributed by atoms with Crippen LogP contribution < -0.4 is 0 Å². The molecule has 0 radical (unpaired) electrons. The highest BCUT2D eigenvalue weighted by Gasteiger charge is 2.19. The van der Waals surface area contributed by atoms with Crippen LogP contribution in [0.2, 0.25) is 0 Å². The SMILES string of the molecule is CC/C=C\C/C=C\C/C=C\C/C=C\C/C=C\CCCCCCCC(=O)OCC(COC(=O)CCCCCCC/C=C\CCCC)OC(=O)CCCCCCCCC/C=C\C/C=C\CCCCC. The lowest BCUT2D eigenvalue weighted by atomic mass is 10.1. The van der Waals surface area contributed by atoms with Crippen molar-refractivity contribution in [2.75, 3.05) is 13.2 Å². The quantitative estimate of drug-likeness (QED) is 0.0262. The zero-order valence-electron chi connectivity index (χ0n) is 43.6. The van der Waals surface area contributed by atoms with Crippen molar-refractivity contribution < 1.29 is 28.6 Å². The Hall–Kier alpha value is -3.67. The highest BCUT2D eigenvalue weighted by Crippen LogP contribution is 2.14. The third kappa shape index (κ3) is 53.2. The van der Waals surface area contributed by atoms with Crippen molar-refractivity contribution >= 4 is 17.9 Å². The third-order valence-electron chi connectivity index (χ3n) is 11.5. The third-order valence-corrected chi connectivity index (χ3v) is 11.5. The van der Waals surface area contributed by atoms with Gasteiger partial charge in [-0.2, -0.15) is 0 Å². The van der Waals surface area contributed by atoms with Crippen molar-refractivity contribution in [3.05, 3.63) is 97.2 Å². The number of hydrogen-bond acceptors (Lipinski definition) is 6. The monoisotopic (exact) mass is 931 g/mol. The van der Waals surface area contributed by atoms with Crippen LogP contribution in [-0.4, -0.2) is 37.2 Å². The van der Waals surface area contributed by atoms with Gasteiger partial charge in [-0.1, -0.05) is 214 Å². The summed E-state index contributed by atoms with van der Waals surface area (Å²) in [5.41, 5.74) is 0. The predicted octanol–water partition coefficient (Wildman–Crippen LogP) is 18.5. The highest BCUT2D eigenvalue weighted by atomic mass is 16.6. The molecule has 1 unspecified atom stereocenters. The lowest BCUT2D eigenvalue weighted by Gasteiger charge is -2.18. The van der Waals surface area contributed by atoms with Crippen molar-refractivity contribution in [2.24, 2.45) is 0 Å². The standard InChI is InChI=1S/C61H102O6/c1-4-7-10-13-16-19-22-24-26-28-29-30-31-33-34-36-39-42-45-48-51-54-60(63)66-57-58(56-65-59(62)53-50-47-44-41-38-21-18-15-12-9-6-3)67-61(64)55-52-49-46-43-40-37-35-32-27-25-23-20-17-14-11-8-5-2/h7,10,15-20,24-27,29-30,33-34,58H,4-6,8-9,11-14,21-23,28,31-32,35-57H2,1-3H3/b10-7-,18-15-,19-16-,20-17-,26-24-,27-25-,30-29-,34-33-. The molecular weight excluding hydrogens is 829 g/mol. The summed E-state index contributed by atoms with van der Waals surface area (Å²) in [7, 11) is 0. The first-order valence-corrected chi connectivity index (χ1v) is 27.7. The van der Waals surface area contributed by atoms with Gasteiger partial charge in [0.25, 0.3) is 0 Å². The van der Waals surface area contributed by atoms with Crippen molar-refractivity contribution in [1.29, 1.82) is 0 Å². The summed E-state index contributed by atoms with van der Waals surface area (Å²) in [5.74, 6) is -0.928. The number of unbranched alkanes of at least 4 members (excludes halogenated alkanes) is 22. The number of esters is 3. The van der Waals surface area contributed by atoms with Crippen molar-refractivity contribution in [2.45, 2.75) is 258 Å². The van der Waals surface area contributed by atoms with Gasteiger partial charge in [0.15, 0.2) is 6.10 Å². The van der Waals surface area contributed by atoms with Gasteiger partial charge in [-0.05, 0) is 116 Å². The maximum atomic E-state index is 12.8. The molecule has 0 saturated carbocycles. The van der Waals surface area contributed by atoms with Gasteiger partial charge < -0.3 is 14.2 Å². The Balaban J connectivity index is 4.41. The maximum absolute atomic E-state index is 12.8. The first-order valence-electron chi connectivity index (χ1n) is 27.7. The van der Waals surface area contributed by atoms with Crippen LogP contribution in [0, 0.1) is 0 Å². The minimum Gasteiger partial charge on any atom is -0.462 e. The summed E-state index contributed by atoms with van der Waals surface area (Å²) >= 11 is 0. The summed E-state index contributed by atoms with van der Waals surface area (Å²) in [4.78, 5) is 38.1. The molecule has 0 aliphatic carbocycles. The average molecular weight is 931 g/mol. The zero-order chi connectivity index (χ0) is 48.6. The van der Waals surface area contributed by atoms with Crippen LogP contribution in [0.25, 0.3) is 0 Å². The van der Waals surface area contributed by atoms with E-state index in [9.17, 15) is 14.4 Å². The molecule has 0 bridgehead atoms. The molecule has 0 aromatic carbocycles. The highest BCUT2D eigenvalue weighted by molar-refractivity contribution is 5.71. The van der Waals surface area contributed by atoms with Crippen LogP contribution in [0.15, 0.2) is 97.2 Å². The van der Waals surface area contributed by atoms with Crippen LogP contribution in [0.1, 0.15) is 252 Å². The van der Waals surface area contributed by atoms with Crippen molar-refractivity contribution in [3.63, 3.8) is 0 Å². The number of allylic oxidation sites excluding steroid dienone is 16. The fourth-order valence-corrected chi connectivity index (χ4v) is 7.36. The summed E-state index contributed by atoms with van der Waals surface area (Å²) in [6.07, 6.45) is 72.5. The van der Waals surface area contributed by atoms with E-state index in [2.05, 4.69) is 118 Å². The molecule has 6 nitrogen and oxygen atoms in total. The second-order valence-corrected chi connectivity index (χ2v) is 18.1. The normalized spacial score (nSPS) is 12.8. The molecule has 1 atom stereocenters. The lowest BCUT2D eigenvalue weighted by molar-refractivity contribution is -0.167. The predicted molar refractivity (Wildman–Crippen MR) is 288 cm³/mol. The number of carbonyl (C=O) groups excluding carboxylic acids is 3. The molecule has 0 saturated heterocycles. The smallest absolute Gasteiger partial charge is 0.306 e. The molecule has 0 fully saturated rings. The Morgan fingerprint density at radius 3 is 0.970 bits per heavy atom. The molecule has 382 valence electrons. The Bertz CT molecular complexity index is 1350. The van der Waals surface area contributed by atoms with Crippen LogP contribution in [-0.2, 0) is 28.6 Å². The fraction of sp³-hybridized carbons (Fsp3) is 0.689. The van der Waals surface area contributed by atoms with Gasteiger partial charge in [-0.25, -0.2) is 0 Å². The molecule has 0 rings (SSSR count). The maximum Gasteiger partial charge on any atom is 0.306 e. The molecule has 0 aliphatic heterocycles. The van der Waals surface area contributed by atoms with Crippen LogP contribution in [0.4, 0.5) is 0 Å². The Morgan fingerprint density at radius 2 is 0.597 bits per heavy atom. The molecule has 0 aromatic heterocycles. The topological polar surface area (TPSA) is 78.9 Å². The minimum atomic E-state index is -0.794. The molecule has 67 heavy (non-hydrogen) atoms. The Labute approximate surface area is 413 Å². The minimum absolute atomic E-state index is 0.0922. The number of ether oxygens (including phenoxy) is 3. The van der Waals surface area contributed by atoms with E-state index in [1.54, 1.807) is 0 Å². The van der Waals surface area contributed by atoms with E-state index in [0.717, 1.165) is 135 Å². The molecule has 0 N–H and O–H groups in total. The van der Waals surface area contributed by atoms with Gasteiger partial charge in [0.2, 0.25) is 0 Å². The molecular formula is C61H102O6. The summed E-state index contributed by atoms with van der Waals surface area (Å²) in [6.45, 7) is 6.43.